The van der Waals surface area contributed by atoms with Gasteiger partial charge in [-0.3, -0.25) is 9.78 Å². The van der Waals surface area contributed by atoms with Crippen LogP contribution in [0.2, 0.25) is 5.02 Å². The predicted molar refractivity (Wildman–Crippen MR) is 211 cm³/mol. The number of carbonyl (C=O) groups is 2. The van der Waals surface area contributed by atoms with Gasteiger partial charge in [-0.05, 0) is 123 Å². The van der Waals surface area contributed by atoms with Crippen LogP contribution in [0.1, 0.15) is 94.9 Å². The van der Waals surface area contributed by atoms with Crippen LogP contribution in [0.5, 0.6) is 5.75 Å². The number of benzene rings is 3. The Labute approximate surface area is 317 Å². The first-order valence-corrected chi connectivity index (χ1v) is 19.7. The summed E-state index contributed by atoms with van der Waals surface area (Å²) in [5, 5.41) is 12.2. The number of thioether (sulfide) groups is 1. The summed E-state index contributed by atoms with van der Waals surface area (Å²) >= 11 is 7.79. The fraction of sp³-hybridized carbons (Fsp3) is 0.419. The first kappa shape index (κ1) is 40.9. The van der Waals surface area contributed by atoms with Crippen molar-refractivity contribution in [2.45, 2.75) is 103 Å². The first-order valence-electron chi connectivity index (χ1n) is 18.4. The number of hydrogen-bond donors (Lipinski definition) is 1. The number of rotatable bonds is 15. The van der Waals surface area contributed by atoms with E-state index in [1.165, 1.54) is 17.7 Å². The zero-order valence-electron chi connectivity index (χ0n) is 31.0. The molecule has 0 amide bonds. The predicted octanol–water partition coefficient (Wildman–Crippen LogP) is 11.5. The molecule has 6 nitrogen and oxygen atoms in total. The normalized spacial score (nSPS) is 14.9. The van der Waals surface area contributed by atoms with Gasteiger partial charge in [0.05, 0.1) is 16.7 Å². The van der Waals surface area contributed by atoms with Crippen molar-refractivity contribution in [3.63, 3.8) is 0 Å². The molecular weight excluding hydrogens is 697 g/mol. The monoisotopic (exact) mass is 747 g/mol. The minimum absolute atomic E-state index is 0.0544. The molecule has 0 saturated carbocycles. The quantitative estimate of drug-likeness (QED) is 0.0736. The molecule has 0 radical (unpaired) electrons. The number of halogens is 2. The number of pyridine rings is 1. The maximum atomic E-state index is 13.0. The molecule has 1 aromatic heterocycles. The fourth-order valence-corrected chi connectivity index (χ4v) is 7.75. The highest BCUT2D eigenvalue weighted by atomic mass is 35.5. The van der Waals surface area contributed by atoms with Gasteiger partial charge in [-0.2, -0.15) is 0 Å². The molecule has 52 heavy (non-hydrogen) atoms. The summed E-state index contributed by atoms with van der Waals surface area (Å²) < 4.78 is 23.9. The van der Waals surface area contributed by atoms with Crippen molar-refractivity contribution in [2.24, 2.45) is 5.92 Å². The summed E-state index contributed by atoms with van der Waals surface area (Å²) in [6, 6.07) is 17.9. The number of aliphatic hydroxyl groups is 1. The zero-order valence-corrected chi connectivity index (χ0v) is 32.5. The van der Waals surface area contributed by atoms with Crippen LogP contribution in [-0.2, 0) is 27.2 Å². The van der Waals surface area contributed by atoms with E-state index in [4.69, 9.17) is 21.1 Å². The fourth-order valence-electron chi connectivity index (χ4n) is 6.52. The molecule has 0 fully saturated rings. The Kier molecular flexibility index (Phi) is 16.0. The van der Waals surface area contributed by atoms with Gasteiger partial charge in [-0.15, -0.1) is 11.8 Å². The van der Waals surface area contributed by atoms with E-state index in [1.54, 1.807) is 42.2 Å². The van der Waals surface area contributed by atoms with Crippen molar-refractivity contribution >= 4 is 51.6 Å². The Morgan fingerprint density at radius 1 is 1.04 bits per heavy atom. The first-order chi connectivity index (χ1) is 25.0. The molecule has 1 N–H and O–H groups in total. The number of aryl methyl sites for hydroxylation is 3. The van der Waals surface area contributed by atoms with Gasteiger partial charge in [0.25, 0.3) is 0 Å². The smallest absolute Gasteiger partial charge is 0.344 e. The molecule has 2 atom stereocenters. The van der Waals surface area contributed by atoms with Gasteiger partial charge in [0.2, 0.25) is 0 Å². The molecule has 0 aliphatic heterocycles. The third-order valence-electron chi connectivity index (χ3n) is 9.16. The lowest BCUT2D eigenvalue weighted by atomic mass is 9.79. The minimum atomic E-state index is -0.368. The average molecular weight is 748 g/mol. The molecule has 278 valence electrons. The molecule has 0 bridgehead atoms. The number of aliphatic hydroxyl groups excluding tert-OH is 1. The van der Waals surface area contributed by atoms with E-state index in [0.29, 0.717) is 34.7 Å². The van der Waals surface area contributed by atoms with Gasteiger partial charge >= 0.3 is 5.97 Å². The molecule has 2 unspecified atom stereocenters. The number of allylic oxidation sites excluding steroid dienone is 2. The third kappa shape index (κ3) is 11.6. The highest BCUT2D eigenvalue weighted by Crippen LogP contribution is 2.38. The number of unbranched alkanes of at least 4 members (excludes halogenated alkanes) is 2. The lowest BCUT2D eigenvalue weighted by molar-refractivity contribution is -0.150. The van der Waals surface area contributed by atoms with Gasteiger partial charge in [-0.1, -0.05) is 62.9 Å². The number of hydrogen-bond acceptors (Lipinski definition) is 7. The van der Waals surface area contributed by atoms with Crippen molar-refractivity contribution in [3.8, 4) is 5.75 Å². The Morgan fingerprint density at radius 2 is 1.75 bits per heavy atom. The second-order valence-electron chi connectivity index (χ2n) is 13.3. The molecule has 3 aromatic carbocycles. The van der Waals surface area contributed by atoms with E-state index < -0.39 is 0 Å². The van der Waals surface area contributed by atoms with Crippen molar-refractivity contribution in [1.29, 1.82) is 0 Å². The second-order valence-corrected chi connectivity index (χ2v) is 14.9. The average Bonchev–Trinajstić information content (AvgIpc) is 3.12. The van der Waals surface area contributed by atoms with Gasteiger partial charge in [0, 0.05) is 29.3 Å². The summed E-state index contributed by atoms with van der Waals surface area (Å²) in [4.78, 5) is 30.2. The molecule has 1 aliphatic carbocycles. The number of ether oxygens (including phenoxy) is 2. The number of nitrogens with zero attached hydrogens (tertiary/aromatic N) is 1. The van der Waals surface area contributed by atoms with Gasteiger partial charge in [-0.25, -0.2) is 9.18 Å². The van der Waals surface area contributed by atoms with Crippen molar-refractivity contribution < 1.29 is 28.6 Å². The highest BCUT2D eigenvalue weighted by Gasteiger charge is 2.30. The second kappa shape index (κ2) is 20.4. The van der Waals surface area contributed by atoms with E-state index in [0.717, 1.165) is 77.7 Å². The molecule has 9 heteroatoms. The number of fused-ring (bicyclic) bond motifs is 1. The summed E-state index contributed by atoms with van der Waals surface area (Å²) in [6.45, 7) is 10.2. The number of esters is 1. The van der Waals surface area contributed by atoms with Gasteiger partial charge in [0.1, 0.15) is 22.8 Å². The van der Waals surface area contributed by atoms with Crippen LogP contribution in [0.15, 0.2) is 77.5 Å². The Hall–Kier alpha value is -3.88. The third-order valence-corrected chi connectivity index (χ3v) is 10.5. The largest absolute Gasteiger partial charge is 0.512 e. The number of carbonyl (C=O) groups excluding carboxylic acids is 2. The molecule has 5 rings (SSSR count). The van der Waals surface area contributed by atoms with Gasteiger partial charge in [0.15, 0.2) is 12.4 Å². The van der Waals surface area contributed by atoms with Crippen LogP contribution >= 0.6 is 23.4 Å². The minimum Gasteiger partial charge on any atom is -0.512 e. The van der Waals surface area contributed by atoms with Crippen LogP contribution in [0.4, 0.5) is 4.39 Å². The Balaban J connectivity index is 0.000000239. The van der Waals surface area contributed by atoms with Crippen molar-refractivity contribution in [2.75, 3.05) is 12.4 Å². The molecule has 4 aromatic rings. The van der Waals surface area contributed by atoms with Crippen LogP contribution in [0, 0.1) is 18.7 Å². The lowest BCUT2D eigenvalue weighted by Crippen LogP contribution is -2.21. The zero-order chi connectivity index (χ0) is 37.6. The number of aromatic nitrogens is 1. The summed E-state index contributed by atoms with van der Waals surface area (Å²) in [7, 11) is 0. The maximum absolute atomic E-state index is 13.0. The van der Waals surface area contributed by atoms with Gasteiger partial charge < -0.3 is 14.6 Å². The Morgan fingerprint density at radius 3 is 2.40 bits per heavy atom. The number of ketones is 1. The van der Waals surface area contributed by atoms with E-state index >= 15 is 0 Å². The van der Waals surface area contributed by atoms with Crippen LogP contribution in [0.25, 0.3) is 16.5 Å². The SMILES string of the molecule is CCCCCC(C)OC(=O)COc1ccc(Cl)c2cccnc12.CCc1cc(C)cc(CC)c1C1=C(O)CC(CCSc2ccc(F)cc2)CC1=O. The van der Waals surface area contributed by atoms with Crippen LogP contribution in [0.3, 0.4) is 0 Å². The highest BCUT2D eigenvalue weighted by molar-refractivity contribution is 7.99. The molecule has 1 aliphatic rings. The van der Waals surface area contributed by atoms with Crippen molar-refractivity contribution in [1.82, 2.24) is 4.98 Å². The lowest BCUT2D eigenvalue weighted by Gasteiger charge is -2.26. The molecule has 0 saturated heterocycles. The standard InChI is InChI=1S/C25H29FO2S.C18H22ClNO3/c1-4-18-12-16(3)13-19(5-2)24(18)25-22(27)14-17(15-23(25)28)10-11-29-21-8-6-20(26)7-9-21;1-3-4-5-7-13(2)23-17(21)12-22-16-10-9-15(19)14-8-6-11-20-18(14)16/h6-9,12-13,17,27H,4-5,10-11,14-15H2,1-3H3;6,8-11,13H,3-5,7,12H2,1-2H3. The van der Waals surface area contributed by atoms with Crippen molar-refractivity contribution in [3.05, 3.63) is 106 Å². The maximum Gasteiger partial charge on any atom is 0.344 e. The molecule has 1 heterocycles. The Bertz CT molecular complexity index is 1820. The van der Waals surface area contributed by atoms with E-state index in [1.807, 2.05) is 19.1 Å². The van der Waals surface area contributed by atoms with E-state index in [2.05, 4.69) is 44.8 Å². The topological polar surface area (TPSA) is 85.7 Å². The molecule has 0 spiro atoms. The van der Waals surface area contributed by atoms with E-state index in [9.17, 15) is 19.1 Å². The van der Waals surface area contributed by atoms with E-state index in [-0.39, 0.29) is 42.0 Å². The van der Waals surface area contributed by atoms with Crippen LogP contribution in [-0.4, -0.2) is 40.3 Å². The summed E-state index contributed by atoms with van der Waals surface area (Å²) in [5.41, 5.74) is 5.62. The molecular formula is C43H51ClFNO5S. The summed E-state index contributed by atoms with van der Waals surface area (Å²) in [5.74, 6) is 1.22. The summed E-state index contributed by atoms with van der Waals surface area (Å²) in [6.07, 6.45) is 9.38. The van der Waals surface area contributed by atoms with Crippen LogP contribution < -0.4 is 4.74 Å². The number of Topliss-reactive ketones (excluding diaryl/α,β-unsaturated/α-hetero) is 1.